The molecule has 2 aromatic heterocycles. The molecule has 8 nitrogen and oxygen atoms in total. The van der Waals surface area contributed by atoms with Crippen LogP contribution in [0.2, 0.25) is 5.02 Å². The number of fused-ring (bicyclic) bond motifs is 1. The summed E-state index contributed by atoms with van der Waals surface area (Å²) in [6.07, 6.45) is 4.63. The van der Waals surface area contributed by atoms with Gasteiger partial charge < -0.3 is 5.11 Å². The van der Waals surface area contributed by atoms with Crippen LogP contribution in [-0.2, 0) is 27.2 Å². The first kappa shape index (κ1) is 28.1. The van der Waals surface area contributed by atoms with E-state index in [4.69, 9.17) is 16.6 Å². The second-order valence-electron chi connectivity index (χ2n) is 10.8. The van der Waals surface area contributed by atoms with E-state index in [1.54, 1.807) is 23.0 Å². The molecule has 0 saturated heterocycles. The largest absolute Gasteiger partial charge is 0.481 e. The van der Waals surface area contributed by atoms with Gasteiger partial charge in [-0.25, -0.2) is 9.97 Å². The maximum Gasteiger partial charge on any atom is 0.304 e. The fourth-order valence-electron chi connectivity index (χ4n) is 5.46. The first-order chi connectivity index (χ1) is 20.3. The summed E-state index contributed by atoms with van der Waals surface area (Å²) >= 11 is 7.82. The third-order valence-corrected chi connectivity index (χ3v) is 8.83. The topological polar surface area (TPSA) is 104 Å². The van der Waals surface area contributed by atoms with Gasteiger partial charge in [-0.1, -0.05) is 48.0 Å². The molecule has 1 fully saturated rings. The number of aliphatic carboxylic acids is 1. The molecule has 0 bridgehead atoms. The Labute approximate surface area is 252 Å². The molecule has 4 aromatic rings. The maximum absolute atomic E-state index is 13.9. The monoisotopic (exact) mass is 600 g/mol. The number of rotatable bonds is 9. The van der Waals surface area contributed by atoms with Crippen molar-refractivity contribution in [1.29, 1.82) is 0 Å². The number of hydrogen-bond donors (Lipinski definition) is 1. The number of thiazole rings is 1. The number of carboxylic acid groups (broad SMARTS) is 1. The quantitative estimate of drug-likeness (QED) is 0.243. The number of carbonyl (C=O) groups excluding carboxylic acids is 2. The highest BCUT2D eigenvalue weighted by atomic mass is 35.5. The smallest absolute Gasteiger partial charge is 0.304 e. The van der Waals surface area contributed by atoms with Crippen molar-refractivity contribution in [3.05, 3.63) is 82.3 Å². The minimum atomic E-state index is -1.00. The number of anilines is 2. The van der Waals surface area contributed by atoms with E-state index < -0.39 is 11.9 Å². The Balaban J connectivity index is 1.33. The Bertz CT molecular complexity index is 1670. The van der Waals surface area contributed by atoms with E-state index in [1.165, 1.54) is 11.3 Å². The van der Waals surface area contributed by atoms with Crippen LogP contribution in [0, 0.1) is 5.92 Å². The summed E-state index contributed by atoms with van der Waals surface area (Å²) in [5.74, 6) is -1.20. The Morgan fingerprint density at radius 1 is 1.12 bits per heavy atom. The lowest BCUT2D eigenvalue weighted by atomic mass is 9.94. The molecule has 1 aliphatic carbocycles. The van der Waals surface area contributed by atoms with Gasteiger partial charge in [0.25, 0.3) is 0 Å². The SMILES string of the molecule is CN1C(=O)CCc2cc(-c3ccc(Cl)cc3-c3csc(N(C(=O)C(CC(=O)O)Cc4ccccc4)C4CC4)n3)cnc21. The molecule has 10 heteroatoms. The van der Waals surface area contributed by atoms with Crippen LogP contribution >= 0.6 is 22.9 Å². The Hall–Kier alpha value is -4.08. The number of hydrogen-bond acceptors (Lipinski definition) is 6. The van der Waals surface area contributed by atoms with Crippen molar-refractivity contribution in [3.8, 4) is 22.4 Å². The standard InChI is InChI=1S/C32H29ClN4O4S/c1-36-28(38)12-7-20-14-22(17-34-30(20)36)25-11-8-23(33)16-26(25)27-18-42-32(35-27)37(24-9-10-24)31(41)21(15-29(39)40)13-19-5-3-2-4-6-19/h2-6,8,11,14,16-18,21,24H,7,9-10,12-13,15H2,1H3,(H,39,40). The molecule has 1 saturated carbocycles. The van der Waals surface area contributed by atoms with Crippen molar-refractivity contribution in [2.45, 2.75) is 44.6 Å². The predicted molar refractivity (Wildman–Crippen MR) is 164 cm³/mol. The fourth-order valence-corrected chi connectivity index (χ4v) is 6.53. The van der Waals surface area contributed by atoms with Gasteiger partial charge in [0.2, 0.25) is 11.8 Å². The molecular formula is C32H29ClN4O4S. The summed E-state index contributed by atoms with van der Waals surface area (Å²) < 4.78 is 0. The number of aryl methyl sites for hydroxylation is 1. The van der Waals surface area contributed by atoms with E-state index in [-0.39, 0.29) is 24.3 Å². The first-order valence-electron chi connectivity index (χ1n) is 13.9. The van der Waals surface area contributed by atoms with Gasteiger partial charge in [-0.3, -0.25) is 24.2 Å². The predicted octanol–water partition coefficient (Wildman–Crippen LogP) is 6.26. The van der Waals surface area contributed by atoms with Gasteiger partial charge in [-0.05, 0) is 60.6 Å². The summed E-state index contributed by atoms with van der Waals surface area (Å²) in [6, 6.07) is 17.2. The van der Waals surface area contributed by atoms with Crippen molar-refractivity contribution in [2.75, 3.05) is 16.8 Å². The van der Waals surface area contributed by atoms with Crippen molar-refractivity contribution < 1.29 is 19.5 Å². The van der Waals surface area contributed by atoms with Crippen molar-refractivity contribution >= 4 is 51.7 Å². The molecule has 42 heavy (non-hydrogen) atoms. The van der Waals surface area contributed by atoms with Crippen LogP contribution < -0.4 is 9.80 Å². The summed E-state index contributed by atoms with van der Waals surface area (Å²) in [5.41, 5.74) is 5.18. The van der Waals surface area contributed by atoms with Gasteiger partial charge in [0.15, 0.2) is 5.13 Å². The molecule has 3 heterocycles. The number of amides is 2. The fraction of sp³-hybridized carbons (Fsp3) is 0.281. The van der Waals surface area contributed by atoms with Gasteiger partial charge >= 0.3 is 5.97 Å². The highest BCUT2D eigenvalue weighted by Crippen LogP contribution is 2.41. The lowest BCUT2D eigenvalue weighted by molar-refractivity contribution is -0.140. The second-order valence-corrected chi connectivity index (χ2v) is 12.1. The average molecular weight is 601 g/mol. The molecule has 2 amide bonds. The number of nitrogens with zero attached hydrogens (tertiary/aromatic N) is 4. The Morgan fingerprint density at radius 3 is 2.64 bits per heavy atom. The summed E-state index contributed by atoms with van der Waals surface area (Å²) in [6.45, 7) is 0. The van der Waals surface area contributed by atoms with Crippen LogP contribution in [0.5, 0.6) is 0 Å². The summed E-state index contributed by atoms with van der Waals surface area (Å²) in [5, 5.41) is 12.6. The van der Waals surface area contributed by atoms with Crippen molar-refractivity contribution in [1.82, 2.24) is 9.97 Å². The van der Waals surface area contributed by atoms with Crippen LogP contribution in [0.25, 0.3) is 22.4 Å². The van der Waals surface area contributed by atoms with E-state index >= 15 is 0 Å². The minimum absolute atomic E-state index is 0.00643. The molecule has 2 aliphatic rings. The van der Waals surface area contributed by atoms with Gasteiger partial charge in [0.05, 0.1) is 18.0 Å². The third-order valence-electron chi connectivity index (χ3n) is 7.75. The molecule has 0 radical (unpaired) electrons. The molecule has 1 unspecified atom stereocenters. The number of carbonyl (C=O) groups is 3. The number of halogens is 1. The van der Waals surface area contributed by atoms with Crippen LogP contribution in [0.1, 0.15) is 36.8 Å². The molecular weight excluding hydrogens is 572 g/mol. The Morgan fingerprint density at radius 2 is 1.90 bits per heavy atom. The van der Waals surface area contributed by atoms with Gasteiger partial charge in [0, 0.05) is 47.2 Å². The number of carboxylic acids is 1. The normalized spacial score (nSPS) is 15.3. The van der Waals surface area contributed by atoms with Gasteiger partial charge in [0.1, 0.15) is 5.82 Å². The van der Waals surface area contributed by atoms with E-state index in [0.29, 0.717) is 40.9 Å². The molecule has 2 aromatic carbocycles. The third kappa shape index (κ3) is 5.80. The van der Waals surface area contributed by atoms with E-state index in [0.717, 1.165) is 40.7 Å². The average Bonchev–Trinajstić information content (AvgIpc) is 3.70. The zero-order chi connectivity index (χ0) is 29.4. The van der Waals surface area contributed by atoms with E-state index in [9.17, 15) is 19.5 Å². The Kier molecular flexibility index (Phi) is 7.79. The number of benzene rings is 2. The summed E-state index contributed by atoms with van der Waals surface area (Å²) in [4.78, 5) is 50.6. The van der Waals surface area contributed by atoms with Crippen LogP contribution in [0.3, 0.4) is 0 Å². The highest BCUT2D eigenvalue weighted by molar-refractivity contribution is 7.14. The lowest BCUT2D eigenvalue weighted by Gasteiger charge is -2.25. The zero-order valence-electron chi connectivity index (χ0n) is 23.0. The first-order valence-corrected chi connectivity index (χ1v) is 15.1. The van der Waals surface area contributed by atoms with Gasteiger partial charge in [-0.2, -0.15) is 0 Å². The van der Waals surface area contributed by atoms with E-state index in [2.05, 4.69) is 11.1 Å². The van der Waals surface area contributed by atoms with Gasteiger partial charge in [-0.15, -0.1) is 11.3 Å². The van der Waals surface area contributed by atoms with Crippen LogP contribution in [0.4, 0.5) is 10.9 Å². The molecule has 0 spiro atoms. The van der Waals surface area contributed by atoms with Crippen LogP contribution in [0.15, 0.2) is 66.2 Å². The molecule has 214 valence electrons. The minimum Gasteiger partial charge on any atom is -0.481 e. The van der Waals surface area contributed by atoms with Crippen molar-refractivity contribution in [2.24, 2.45) is 5.92 Å². The number of pyridine rings is 1. The zero-order valence-corrected chi connectivity index (χ0v) is 24.6. The molecule has 1 N–H and O–H groups in total. The van der Waals surface area contributed by atoms with Crippen LogP contribution in [-0.4, -0.2) is 45.9 Å². The second kappa shape index (κ2) is 11.7. The molecule has 1 atom stereocenters. The molecule has 6 rings (SSSR count). The lowest BCUT2D eigenvalue weighted by Crippen LogP contribution is -2.39. The number of aromatic nitrogens is 2. The molecule has 1 aliphatic heterocycles. The van der Waals surface area contributed by atoms with Crippen molar-refractivity contribution in [3.63, 3.8) is 0 Å². The van der Waals surface area contributed by atoms with E-state index in [1.807, 2.05) is 53.9 Å². The maximum atomic E-state index is 13.9. The highest BCUT2D eigenvalue weighted by Gasteiger charge is 2.39. The summed E-state index contributed by atoms with van der Waals surface area (Å²) in [7, 11) is 1.74.